The first-order chi connectivity index (χ1) is 10.7. The van der Waals surface area contributed by atoms with Gasteiger partial charge in [-0.3, -0.25) is 4.79 Å². The molecule has 4 rings (SSSR count). The van der Waals surface area contributed by atoms with Crippen LogP contribution in [0.1, 0.15) is 31.2 Å². The average Bonchev–Trinajstić information content (AvgIpc) is 2.90. The summed E-state index contributed by atoms with van der Waals surface area (Å²) in [6.45, 7) is 0.931. The number of carbonyl (C=O) groups excluding carboxylic acids is 1. The Kier molecular flexibility index (Phi) is 3.37. The smallest absolute Gasteiger partial charge is 0.224 e. The lowest BCUT2D eigenvalue weighted by Gasteiger charge is -2.63. The molecular formula is C18H24N2O2. The molecule has 118 valence electrons. The fourth-order valence-electron chi connectivity index (χ4n) is 4.63. The van der Waals surface area contributed by atoms with E-state index in [0.29, 0.717) is 29.9 Å². The number of likely N-dealkylation sites (N-methyl/N-ethyl adjacent to an activating group) is 1. The Morgan fingerprint density at radius 2 is 2.09 bits per heavy atom. The predicted molar refractivity (Wildman–Crippen MR) is 85.8 cm³/mol. The van der Waals surface area contributed by atoms with Crippen molar-refractivity contribution in [3.05, 3.63) is 29.8 Å². The monoisotopic (exact) mass is 300 g/mol. The number of hydrogen-bond acceptors (Lipinski definition) is 3. The molecule has 4 heteroatoms. The van der Waals surface area contributed by atoms with Crippen molar-refractivity contribution in [1.82, 2.24) is 5.32 Å². The second kappa shape index (κ2) is 5.27. The van der Waals surface area contributed by atoms with Crippen molar-refractivity contribution >= 4 is 11.6 Å². The maximum Gasteiger partial charge on any atom is 0.224 e. The van der Waals surface area contributed by atoms with Gasteiger partial charge in [0.05, 0.1) is 12.5 Å². The molecule has 1 aliphatic heterocycles. The molecule has 0 unspecified atom stereocenters. The summed E-state index contributed by atoms with van der Waals surface area (Å²) < 4.78 is 5.97. The molecule has 1 spiro atoms. The highest BCUT2D eigenvalue weighted by Crippen LogP contribution is 2.63. The van der Waals surface area contributed by atoms with Gasteiger partial charge in [-0.2, -0.15) is 0 Å². The van der Waals surface area contributed by atoms with Crippen molar-refractivity contribution in [1.29, 1.82) is 0 Å². The lowest BCUT2D eigenvalue weighted by molar-refractivity contribution is -0.158. The van der Waals surface area contributed by atoms with Crippen molar-refractivity contribution < 1.29 is 9.53 Å². The van der Waals surface area contributed by atoms with E-state index >= 15 is 0 Å². The Labute approximate surface area is 131 Å². The van der Waals surface area contributed by atoms with Crippen LogP contribution in [0.2, 0.25) is 0 Å². The van der Waals surface area contributed by atoms with Crippen LogP contribution in [0.5, 0.6) is 0 Å². The van der Waals surface area contributed by atoms with Crippen LogP contribution in [-0.4, -0.2) is 31.7 Å². The number of amides is 1. The Hall–Kier alpha value is -1.55. The summed E-state index contributed by atoms with van der Waals surface area (Å²) in [7, 11) is 1.67. The maximum atomic E-state index is 11.4. The van der Waals surface area contributed by atoms with Crippen LogP contribution < -0.4 is 10.6 Å². The van der Waals surface area contributed by atoms with Crippen LogP contribution in [0.15, 0.2) is 24.3 Å². The zero-order valence-electron chi connectivity index (χ0n) is 13.1. The second-order valence-corrected chi connectivity index (χ2v) is 7.00. The highest BCUT2D eigenvalue weighted by atomic mass is 16.5. The predicted octanol–water partition coefficient (Wildman–Crippen LogP) is 2.34. The molecule has 2 aliphatic carbocycles. The van der Waals surface area contributed by atoms with Crippen LogP contribution in [-0.2, 0) is 16.0 Å². The molecule has 1 amide bonds. The van der Waals surface area contributed by atoms with Crippen LogP contribution in [0, 0.1) is 11.3 Å². The van der Waals surface area contributed by atoms with Crippen LogP contribution in [0.4, 0.5) is 5.69 Å². The van der Waals surface area contributed by atoms with E-state index in [1.165, 1.54) is 31.4 Å². The van der Waals surface area contributed by atoms with Crippen LogP contribution in [0.25, 0.3) is 0 Å². The quantitative estimate of drug-likeness (QED) is 0.897. The molecule has 0 bridgehead atoms. The number of hydrogen-bond donors (Lipinski definition) is 2. The van der Waals surface area contributed by atoms with Crippen LogP contribution >= 0.6 is 0 Å². The molecule has 1 heterocycles. The van der Waals surface area contributed by atoms with Gasteiger partial charge in [0.15, 0.2) is 0 Å². The third kappa shape index (κ3) is 2.04. The molecule has 3 atom stereocenters. The summed E-state index contributed by atoms with van der Waals surface area (Å²) in [5, 5.41) is 6.42. The number of nitrogens with one attached hydrogen (secondary N) is 2. The summed E-state index contributed by atoms with van der Waals surface area (Å²) in [6.07, 6.45) is 6.10. The number of ether oxygens (including phenoxy) is 1. The van der Waals surface area contributed by atoms with E-state index in [1.807, 2.05) is 12.1 Å². The molecule has 2 saturated carbocycles. The molecule has 1 aromatic carbocycles. The number of rotatable bonds is 4. The van der Waals surface area contributed by atoms with Crippen molar-refractivity contribution in [2.24, 2.45) is 11.3 Å². The zero-order valence-corrected chi connectivity index (χ0v) is 13.1. The van der Waals surface area contributed by atoms with Gasteiger partial charge >= 0.3 is 0 Å². The second-order valence-electron chi connectivity index (χ2n) is 7.00. The van der Waals surface area contributed by atoms with Crippen molar-refractivity contribution in [2.75, 3.05) is 19.0 Å². The molecule has 3 aliphatic rings. The Morgan fingerprint density at radius 3 is 2.73 bits per heavy atom. The largest absolute Gasteiger partial charge is 0.381 e. The van der Waals surface area contributed by atoms with Crippen molar-refractivity contribution in [3.63, 3.8) is 0 Å². The fourth-order valence-corrected chi connectivity index (χ4v) is 4.63. The summed E-state index contributed by atoms with van der Waals surface area (Å²) in [4.78, 5) is 11.4. The maximum absolute atomic E-state index is 11.4. The van der Waals surface area contributed by atoms with E-state index in [2.05, 4.69) is 22.8 Å². The van der Waals surface area contributed by atoms with Crippen molar-refractivity contribution in [2.45, 2.75) is 44.2 Å². The minimum absolute atomic E-state index is 0.0547. The molecule has 1 aromatic rings. The van der Waals surface area contributed by atoms with Gasteiger partial charge < -0.3 is 15.4 Å². The molecule has 2 N–H and O–H groups in total. The normalized spacial score (nSPS) is 31.0. The third-order valence-electron chi connectivity index (χ3n) is 5.96. The molecule has 22 heavy (non-hydrogen) atoms. The highest BCUT2D eigenvalue weighted by molar-refractivity contribution is 5.78. The first-order valence-electron chi connectivity index (χ1n) is 8.41. The number of benzene rings is 1. The number of anilines is 1. The van der Waals surface area contributed by atoms with Crippen molar-refractivity contribution in [3.8, 4) is 0 Å². The molecule has 0 aromatic heterocycles. The summed E-state index contributed by atoms with van der Waals surface area (Å²) in [5.41, 5.74) is 2.63. The van der Waals surface area contributed by atoms with Gasteiger partial charge in [-0.15, -0.1) is 0 Å². The van der Waals surface area contributed by atoms with Crippen LogP contribution in [0.3, 0.4) is 0 Å². The van der Waals surface area contributed by atoms with E-state index in [0.717, 1.165) is 12.2 Å². The lowest BCUT2D eigenvalue weighted by atomic mass is 9.46. The molecule has 1 saturated heterocycles. The molecule has 4 nitrogen and oxygen atoms in total. The molecule has 0 radical (unpaired) electrons. The zero-order chi connectivity index (χ0) is 15.2. The number of fused-ring (bicyclic) bond motifs is 2. The summed E-state index contributed by atoms with van der Waals surface area (Å²) in [5.74, 6) is 0.741. The Balaban J connectivity index is 1.44. The topological polar surface area (TPSA) is 50.4 Å². The Morgan fingerprint density at radius 1 is 1.32 bits per heavy atom. The molecule has 3 fully saturated rings. The van der Waals surface area contributed by atoms with Gasteiger partial charge in [0.25, 0.3) is 0 Å². The summed E-state index contributed by atoms with van der Waals surface area (Å²) >= 11 is 0. The minimum Gasteiger partial charge on any atom is -0.381 e. The third-order valence-corrected chi connectivity index (χ3v) is 5.96. The Bertz CT molecular complexity index is 565. The minimum atomic E-state index is 0.0547. The lowest BCUT2D eigenvalue weighted by Crippen LogP contribution is -2.68. The standard InChI is InChI=1S/C18H24N2O2/c1-19-15(21)11-12-3-5-13(6-4-12)20-16-14-7-10-22-17(14)18(16)8-2-9-18/h3-6,14,16-17,20H,2,7-11H2,1H3,(H,19,21)/t14-,16-,17-/m1/s1. The van der Waals surface area contributed by atoms with Gasteiger partial charge in [-0.25, -0.2) is 0 Å². The molecular weight excluding hydrogens is 276 g/mol. The highest BCUT2D eigenvalue weighted by Gasteiger charge is 2.66. The first-order valence-corrected chi connectivity index (χ1v) is 8.41. The van der Waals surface area contributed by atoms with Gasteiger partial charge in [-0.05, 0) is 37.0 Å². The van der Waals surface area contributed by atoms with Gasteiger partial charge in [0.2, 0.25) is 5.91 Å². The van der Waals surface area contributed by atoms with Gasteiger partial charge in [0.1, 0.15) is 0 Å². The van der Waals surface area contributed by atoms with E-state index in [9.17, 15) is 4.79 Å². The van der Waals surface area contributed by atoms with E-state index in [4.69, 9.17) is 4.74 Å². The first kappa shape index (κ1) is 14.1. The van der Waals surface area contributed by atoms with Gasteiger partial charge in [0, 0.05) is 36.7 Å². The van der Waals surface area contributed by atoms with E-state index in [-0.39, 0.29) is 5.91 Å². The average molecular weight is 300 g/mol. The van der Waals surface area contributed by atoms with E-state index in [1.54, 1.807) is 7.05 Å². The van der Waals surface area contributed by atoms with E-state index < -0.39 is 0 Å². The fraction of sp³-hybridized carbons (Fsp3) is 0.611. The number of carbonyl (C=O) groups is 1. The SMILES string of the molecule is CNC(=O)Cc1ccc(N[C@@H]2[C@H]3CCO[C@H]3C23CCC3)cc1. The summed E-state index contributed by atoms with van der Waals surface area (Å²) in [6, 6.07) is 8.87. The van der Waals surface area contributed by atoms with Gasteiger partial charge in [-0.1, -0.05) is 18.6 Å².